The van der Waals surface area contributed by atoms with Crippen molar-refractivity contribution >= 4 is 17.2 Å². The number of rotatable bonds is 4. The molecule has 3 aromatic rings. The van der Waals surface area contributed by atoms with E-state index >= 15 is 0 Å². The number of carbonyl (C=O) groups excluding carboxylic acids is 1. The Hall–Kier alpha value is -2.51. The van der Waals surface area contributed by atoms with Gasteiger partial charge in [-0.2, -0.15) is 0 Å². The van der Waals surface area contributed by atoms with E-state index in [1.807, 2.05) is 51.3 Å². The summed E-state index contributed by atoms with van der Waals surface area (Å²) in [5.74, 6) is 0.126. The lowest BCUT2D eigenvalue weighted by atomic mass is 10.0. The van der Waals surface area contributed by atoms with Gasteiger partial charge < -0.3 is 4.90 Å². The third-order valence-corrected chi connectivity index (χ3v) is 7.00. The molecule has 1 aromatic carbocycles. The molecule has 2 aliphatic rings. The number of aromatic nitrogens is 3. The van der Waals surface area contributed by atoms with Crippen molar-refractivity contribution in [1.82, 2.24) is 24.8 Å². The minimum absolute atomic E-state index is 0.126. The van der Waals surface area contributed by atoms with Crippen molar-refractivity contribution in [2.75, 3.05) is 19.6 Å². The number of benzene rings is 1. The number of piperidine rings is 1. The molecule has 2 aromatic heterocycles. The van der Waals surface area contributed by atoms with Gasteiger partial charge in [-0.3, -0.25) is 9.69 Å². The fourth-order valence-corrected chi connectivity index (χ4v) is 5.22. The third kappa shape index (κ3) is 3.97. The lowest BCUT2D eigenvalue weighted by Crippen LogP contribution is -2.39. The van der Waals surface area contributed by atoms with E-state index in [0.717, 1.165) is 63.2 Å². The first-order valence-corrected chi connectivity index (χ1v) is 11.2. The van der Waals surface area contributed by atoms with Gasteiger partial charge >= 0.3 is 0 Å². The smallest absolute Gasteiger partial charge is 0.253 e. The van der Waals surface area contributed by atoms with Gasteiger partial charge in [-0.05, 0) is 48.4 Å². The van der Waals surface area contributed by atoms with E-state index in [2.05, 4.69) is 32.9 Å². The van der Waals surface area contributed by atoms with E-state index in [9.17, 15) is 4.79 Å². The van der Waals surface area contributed by atoms with Crippen LogP contribution >= 0.6 is 11.3 Å². The lowest BCUT2D eigenvalue weighted by Gasteiger charge is -2.32. The highest BCUT2D eigenvalue weighted by Gasteiger charge is 2.26. The number of hydrogen-bond donors (Lipinski definition) is 0. The largest absolute Gasteiger partial charge is 0.338 e. The third-order valence-electron chi connectivity index (χ3n) is 5.98. The van der Waals surface area contributed by atoms with Crippen LogP contribution in [0.15, 0.2) is 48.0 Å². The van der Waals surface area contributed by atoms with Gasteiger partial charge in [0, 0.05) is 43.2 Å². The molecule has 150 valence electrons. The van der Waals surface area contributed by atoms with Gasteiger partial charge in [0.15, 0.2) is 0 Å². The molecular weight excluding hydrogens is 382 g/mol. The Balaban J connectivity index is 1.16. The highest BCUT2D eigenvalue weighted by Crippen LogP contribution is 2.26. The zero-order chi connectivity index (χ0) is 19.6. The molecule has 29 heavy (non-hydrogen) atoms. The average Bonchev–Trinajstić information content (AvgIpc) is 3.43. The van der Waals surface area contributed by atoms with E-state index < -0.39 is 0 Å². The highest BCUT2D eigenvalue weighted by molar-refractivity contribution is 7.10. The SMILES string of the molecule is O=C(c1ccccc1)N1CCC(n2cc(CN3CCc4sccc4C3)nn2)CC1. The van der Waals surface area contributed by atoms with Crippen LogP contribution in [0.1, 0.15) is 45.4 Å². The Morgan fingerprint density at radius 1 is 1.10 bits per heavy atom. The van der Waals surface area contributed by atoms with Crippen LogP contribution < -0.4 is 0 Å². The minimum Gasteiger partial charge on any atom is -0.338 e. The van der Waals surface area contributed by atoms with Crippen molar-refractivity contribution in [3.8, 4) is 0 Å². The van der Waals surface area contributed by atoms with Crippen molar-refractivity contribution in [3.05, 3.63) is 69.7 Å². The first kappa shape index (κ1) is 18.5. The molecule has 0 atom stereocenters. The molecular formula is C22H25N5OS. The predicted molar refractivity (Wildman–Crippen MR) is 113 cm³/mol. The second-order valence-corrected chi connectivity index (χ2v) is 8.91. The van der Waals surface area contributed by atoms with Crippen LogP contribution in [-0.4, -0.2) is 50.3 Å². The summed E-state index contributed by atoms with van der Waals surface area (Å²) in [4.78, 5) is 18.6. The second kappa shape index (κ2) is 8.08. The summed E-state index contributed by atoms with van der Waals surface area (Å²) >= 11 is 1.87. The zero-order valence-electron chi connectivity index (χ0n) is 16.4. The molecule has 0 saturated carbocycles. The number of nitrogens with zero attached hydrogens (tertiary/aromatic N) is 5. The Morgan fingerprint density at radius 3 is 2.76 bits per heavy atom. The van der Waals surface area contributed by atoms with E-state index in [-0.39, 0.29) is 5.91 Å². The van der Waals surface area contributed by atoms with Crippen LogP contribution in [0.25, 0.3) is 0 Å². The number of fused-ring (bicyclic) bond motifs is 1. The molecule has 4 heterocycles. The van der Waals surface area contributed by atoms with Gasteiger partial charge in [-0.1, -0.05) is 23.4 Å². The molecule has 1 saturated heterocycles. The number of amides is 1. The zero-order valence-corrected chi connectivity index (χ0v) is 17.2. The molecule has 0 radical (unpaired) electrons. The molecule has 1 amide bonds. The van der Waals surface area contributed by atoms with Gasteiger partial charge in [0.2, 0.25) is 0 Å². The van der Waals surface area contributed by atoms with Gasteiger partial charge in [0.05, 0.1) is 17.9 Å². The monoisotopic (exact) mass is 407 g/mol. The van der Waals surface area contributed by atoms with Crippen LogP contribution in [0.5, 0.6) is 0 Å². The average molecular weight is 408 g/mol. The number of hydrogen-bond acceptors (Lipinski definition) is 5. The van der Waals surface area contributed by atoms with E-state index in [1.54, 1.807) is 0 Å². The first-order valence-electron chi connectivity index (χ1n) is 10.3. The molecule has 0 unspecified atom stereocenters. The van der Waals surface area contributed by atoms with Gasteiger partial charge in [0.25, 0.3) is 5.91 Å². The first-order chi connectivity index (χ1) is 14.3. The fraction of sp³-hybridized carbons (Fsp3) is 0.409. The van der Waals surface area contributed by atoms with Crippen molar-refractivity contribution in [2.24, 2.45) is 0 Å². The number of likely N-dealkylation sites (tertiary alicyclic amines) is 1. The number of carbonyl (C=O) groups is 1. The molecule has 7 heteroatoms. The minimum atomic E-state index is 0.126. The van der Waals surface area contributed by atoms with Crippen molar-refractivity contribution in [2.45, 2.75) is 38.4 Å². The Labute approximate surface area is 174 Å². The molecule has 0 N–H and O–H groups in total. The van der Waals surface area contributed by atoms with Crippen LogP contribution in [0.4, 0.5) is 0 Å². The summed E-state index contributed by atoms with van der Waals surface area (Å²) in [6.45, 7) is 4.47. The van der Waals surface area contributed by atoms with Crippen LogP contribution in [0.3, 0.4) is 0 Å². The van der Waals surface area contributed by atoms with Crippen molar-refractivity contribution in [1.29, 1.82) is 0 Å². The molecule has 2 aliphatic heterocycles. The maximum absolute atomic E-state index is 12.6. The highest BCUT2D eigenvalue weighted by atomic mass is 32.1. The summed E-state index contributed by atoms with van der Waals surface area (Å²) in [5, 5.41) is 11.0. The Kier molecular flexibility index (Phi) is 5.16. The summed E-state index contributed by atoms with van der Waals surface area (Å²) in [5.41, 5.74) is 3.26. The summed E-state index contributed by atoms with van der Waals surface area (Å²) in [7, 11) is 0. The molecule has 0 aliphatic carbocycles. The summed E-state index contributed by atoms with van der Waals surface area (Å²) in [6, 6.07) is 12.1. The van der Waals surface area contributed by atoms with E-state index in [0.29, 0.717) is 6.04 Å². The van der Waals surface area contributed by atoms with Gasteiger partial charge in [0.1, 0.15) is 0 Å². The second-order valence-electron chi connectivity index (χ2n) is 7.91. The van der Waals surface area contributed by atoms with E-state index in [1.165, 1.54) is 10.4 Å². The molecule has 0 spiro atoms. The topological polar surface area (TPSA) is 54.3 Å². The maximum Gasteiger partial charge on any atom is 0.253 e. The molecule has 0 bridgehead atoms. The van der Waals surface area contributed by atoms with Crippen LogP contribution in [0, 0.1) is 0 Å². The van der Waals surface area contributed by atoms with Gasteiger partial charge in [-0.15, -0.1) is 16.4 Å². The van der Waals surface area contributed by atoms with Crippen molar-refractivity contribution < 1.29 is 4.79 Å². The van der Waals surface area contributed by atoms with Crippen LogP contribution in [-0.2, 0) is 19.5 Å². The quantitative estimate of drug-likeness (QED) is 0.665. The van der Waals surface area contributed by atoms with Crippen LogP contribution in [0.2, 0.25) is 0 Å². The van der Waals surface area contributed by atoms with Gasteiger partial charge in [-0.25, -0.2) is 4.68 Å². The maximum atomic E-state index is 12.6. The molecule has 5 rings (SSSR count). The molecule has 6 nitrogen and oxygen atoms in total. The van der Waals surface area contributed by atoms with Crippen molar-refractivity contribution in [3.63, 3.8) is 0 Å². The standard InChI is InChI=1S/C22H25N5OS/c28-22(17-4-2-1-3-5-17)26-11-6-20(7-12-26)27-16-19(23-24-27)15-25-10-8-21-18(14-25)9-13-29-21/h1-5,9,13,16,20H,6-8,10-12,14-15H2. The Morgan fingerprint density at radius 2 is 1.93 bits per heavy atom. The normalized spacial score (nSPS) is 18.0. The van der Waals surface area contributed by atoms with E-state index in [4.69, 9.17) is 0 Å². The predicted octanol–water partition coefficient (Wildman–Crippen LogP) is 3.38. The molecule has 1 fully saturated rings. The number of thiophene rings is 1. The summed E-state index contributed by atoms with van der Waals surface area (Å²) in [6.07, 6.45) is 5.07. The fourth-order valence-electron chi connectivity index (χ4n) is 4.33. The summed E-state index contributed by atoms with van der Waals surface area (Å²) < 4.78 is 2.01. The lowest BCUT2D eigenvalue weighted by molar-refractivity contribution is 0.0689. The Bertz CT molecular complexity index is 974.